The quantitative estimate of drug-likeness (QED) is 0.877. The molecule has 0 atom stereocenters. The number of nitrogens with one attached hydrogen (secondary N) is 2. The standard InChI is InChI=1S/C14H13N3O2/c1-16-9-12-6-7-13(19-12)14(18)17-11-4-2-10(8-15)3-5-11/h2-7,16H,9H2,1H3,(H,17,18). The van der Waals surface area contributed by atoms with Crippen LogP contribution in [0.15, 0.2) is 40.8 Å². The molecule has 0 saturated heterocycles. The van der Waals surface area contributed by atoms with Crippen molar-refractivity contribution in [2.75, 3.05) is 12.4 Å². The summed E-state index contributed by atoms with van der Waals surface area (Å²) in [6.45, 7) is 0.574. The van der Waals surface area contributed by atoms with Gasteiger partial charge in [-0.25, -0.2) is 0 Å². The third-order valence-corrected chi connectivity index (χ3v) is 2.51. The zero-order chi connectivity index (χ0) is 13.7. The average molecular weight is 255 g/mol. The largest absolute Gasteiger partial charge is 0.455 e. The lowest BCUT2D eigenvalue weighted by molar-refractivity contribution is 0.0995. The monoisotopic (exact) mass is 255 g/mol. The van der Waals surface area contributed by atoms with Crippen LogP contribution in [-0.4, -0.2) is 13.0 Å². The maximum Gasteiger partial charge on any atom is 0.291 e. The third-order valence-electron chi connectivity index (χ3n) is 2.51. The van der Waals surface area contributed by atoms with Gasteiger partial charge in [-0.1, -0.05) is 0 Å². The number of anilines is 1. The van der Waals surface area contributed by atoms with Gasteiger partial charge in [0.05, 0.1) is 18.2 Å². The lowest BCUT2D eigenvalue weighted by Gasteiger charge is -2.02. The molecule has 2 N–H and O–H groups in total. The minimum Gasteiger partial charge on any atom is -0.455 e. The van der Waals surface area contributed by atoms with Crippen molar-refractivity contribution in [1.82, 2.24) is 5.32 Å². The van der Waals surface area contributed by atoms with E-state index in [1.165, 1.54) is 0 Å². The highest BCUT2D eigenvalue weighted by Crippen LogP contribution is 2.13. The molecule has 1 amide bonds. The summed E-state index contributed by atoms with van der Waals surface area (Å²) in [5, 5.41) is 14.3. The molecule has 5 heteroatoms. The highest BCUT2D eigenvalue weighted by Gasteiger charge is 2.11. The number of nitriles is 1. The fourth-order valence-corrected chi connectivity index (χ4v) is 1.59. The summed E-state index contributed by atoms with van der Waals surface area (Å²) in [5.41, 5.74) is 1.17. The number of nitrogens with zero attached hydrogens (tertiary/aromatic N) is 1. The summed E-state index contributed by atoms with van der Waals surface area (Å²) in [4.78, 5) is 11.9. The van der Waals surface area contributed by atoms with E-state index in [4.69, 9.17) is 9.68 Å². The van der Waals surface area contributed by atoms with Crippen LogP contribution in [0.4, 0.5) is 5.69 Å². The molecular formula is C14H13N3O2. The molecule has 0 fully saturated rings. The van der Waals surface area contributed by atoms with Gasteiger partial charge in [0.15, 0.2) is 5.76 Å². The smallest absolute Gasteiger partial charge is 0.291 e. The van der Waals surface area contributed by atoms with Crippen molar-refractivity contribution in [2.24, 2.45) is 0 Å². The summed E-state index contributed by atoms with van der Waals surface area (Å²) in [5.74, 6) is 0.647. The van der Waals surface area contributed by atoms with Crippen LogP contribution in [-0.2, 0) is 6.54 Å². The Hall–Kier alpha value is -2.58. The Balaban J connectivity index is 2.05. The predicted molar refractivity (Wildman–Crippen MR) is 70.6 cm³/mol. The molecule has 1 heterocycles. The lowest BCUT2D eigenvalue weighted by atomic mass is 10.2. The van der Waals surface area contributed by atoms with Gasteiger partial charge in [0.2, 0.25) is 0 Å². The summed E-state index contributed by atoms with van der Waals surface area (Å²) in [6.07, 6.45) is 0. The van der Waals surface area contributed by atoms with Gasteiger partial charge in [-0.15, -0.1) is 0 Å². The highest BCUT2D eigenvalue weighted by molar-refractivity contribution is 6.02. The number of rotatable bonds is 4. The van der Waals surface area contributed by atoms with E-state index in [1.807, 2.05) is 6.07 Å². The summed E-state index contributed by atoms with van der Waals surface area (Å²) >= 11 is 0. The Bertz CT molecular complexity index is 608. The van der Waals surface area contributed by atoms with E-state index in [2.05, 4.69) is 10.6 Å². The molecular weight excluding hydrogens is 242 g/mol. The SMILES string of the molecule is CNCc1ccc(C(=O)Nc2ccc(C#N)cc2)o1. The van der Waals surface area contributed by atoms with Gasteiger partial charge < -0.3 is 15.1 Å². The van der Waals surface area contributed by atoms with E-state index in [0.717, 1.165) is 0 Å². The number of hydrogen-bond donors (Lipinski definition) is 2. The van der Waals surface area contributed by atoms with Crippen molar-refractivity contribution in [2.45, 2.75) is 6.54 Å². The summed E-state index contributed by atoms with van der Waals surface area (Å²) < 4.78 is 5.38. The number of amides is 1. The van der Waals surface area contributed by atoms with Crippen molar-refractivity contribution < 1.29 is 9.21 Å². The molecule has 0 radical (unpaired) electrons. The molecule has 0 spiro atoms. The van der Waals surface area contributed by atoms with Gasteiger partial charge in [-0.3, -0.25) is 4.79 Å². The van der Waals surface area contributed by atoms with Crippen LogP contribution in [0.3, 0.4) is 0 Å². The fraction of sp³-hybridized carbons (Fsp3) is 0.143. The Morgan fingerprint density at radius 2 is 2.00 bits per heavy atom. The van der Waals surface area contributed by atoms with Crippen molar-refractivity contribution >= 4 is 11.6 Å². The Morgan fingerprint density at radius 1 is 1.26 bits per heavy atom. The van der Waals surface area contributed by atoms with Crippen LogP contribution >= 0.6 is 0 Å². The van der Waals surface area contributed by atoms with Crippen LogP contribution in [0.1, 0.15) is 21.9 Å². The summed E-state index contributed by atoms with van der Waals surface area (Å²) in [6, 6.07) is 12.0. The van der Waals surface area contributed by atoms with E-state index in [1.54, 1.807) is 43.4 Å². The maximum atomic E-state index is 11.9. The first kappa shape index (κ1) is 12.9. The van der Waals surface area contributed by atoms with Gasteiger partial charge in [0.1, 0.15) is 5.76 Å². The van der Waals surface area contributed by atoms with E-state index >= 15 is 0 Å². The highest BCUT2D eigenvalue weighted by atomic mass is 16.4. The van der Waals surface area contributed by atoms with Gasteiger partial charge in [-0.2, -0.15) is 5.26 Å². The molecule has 0 aliphatic carbocycles. The predicted octanol–water partition coefficient (Wildman–Crippen LogP) is 2.12. The molecule has 1 aromatic heterocycles. The Labute approximate surface area is 110 Å². The second-order valence-corrected chi connectivity index (χ2v) is 3.94. The molecule has 0 aliphatic heterocycles. The molecule has 0 saturated carbocycles. The average Bonchev–Trinajstić information content (AvgIpc) is 2.89. The second-order valence-electron chi connectivity index (χ2n) is 3.94. The summed E-state index contributed by atoms with van der Waals surface area (Å²) in [7, 11) is 1.80. The first-order valence-corrected chi connectivity index (χ1v) is 5.78. The zero-order valence-corrected chi connectivity index (χ0v) is 10.4. The molecule has 1 aromatic carbocycles. The fourth-order valence-electron chi connectivity index (χ4n) is 1.59. The number of hydrogen-bond acceptors (Lipinski definition) is 4. The third kappa shape index (κ3) is 3.21. The van der Waals surface area contributed by atoms with Crippen LogP contribution in [0.5, 0.6) is 0 Å². The molecule has 2 rings (SSSR count). The van der Waals surface area contributed by atoms with Crippen LogP contribution < -0.4 is 10.6 Å². The zero-order valence-electron chi connectivity index (χ0n) is 10.4. The maximum absolute atomic E-state index is 11.9. The minimum atomic E-state index is -0.313. The van der Waals surface area contributed by atoms with Crippen molar-refractivity contribution in [3.05, 3.63) is 53.5 Å². The minimum absolute atomic E-state index is 0.259. The topological polar surface area (TPSA) is 78.1 Å². The number of furan rings is 1. The van der Waals surface area contributed by atoms with Gasteiger partial charge >= 0.3 is 0 Å². The molecule has 0 unspecified atom stereocenters. The molecule has 0 bridgehead atoms. The van der Waals surface area contributed by atoms with E-state index in [-0.39, 0.29) is 11.7 Å². The number of benzene rings is 1. The van der Waals surface area contributed by atoms with E-state index in [9.17, 15) is 4.79 Å². The van der Waals surface area contributed by atoms with Crippen LogP contribution in [0.25, 0.3) is 0 Å². The molecule has 19 heavy (non-hydrogen) atoms. The first-order chi connectivity index (χ1) is 9.22. The Morgan fingerprint density at radius 3 is 2.63 bits per heavy atom. The lowest BCUT2D eigenvalue weighted by Crippen LogP contribution is -2.11. The molecule has 5 nitrogen and oxygen atoms in total. The Kier molecular flexibility index (Phi) is 3.96. The van der Waals surface area contributed by atoms with Gasteiger partial charge in [-0.05, 0) is 43.4 Å². The van der Waals surface area contributed by atoms with Crippen molar-refractivity contribution in [3.63, 3.8) is 0 Å². The normalized spacial score (nSPS) is 9.89. The van der Waals surface area contributed by atoms with E-state index in [0.29, 0.717) is 23.6 Å². The van der Waals surface area contributed by atoms with E-state index < -0.39 is 0 Å². The number of carbonyl (C=O) groups is 1. The van der Waals surface area contributed by atoms with Crippen LogP contribution in [0, 0.1) is 11.3 Å². The second kappa shape index (κ2) is 5.85. The molecule has 2 aromatic rings. The molecule has 0 aliphatic rings. The van der Waals surface area contributed by atoms with Crippen molar-refractivity contribution in [3.8, 4) is 6.07 Å². The van der Waals surface area contributed by atoms with Gasteiger partial charge in [0, 0.05) is 5.69 Å². The van der Waals surface area contributed by atoms with Gasteiger partial charge in [0.25, 0.3) is 5.91 Å². The number of carbonyl (C=O) groups excluding carboxylic acids is 1. The van der Waals surface area contributed by atoms with Crippen molar-refractivity contribution in [1.29, 1.82) is 5.26 Å². The van der Waals surface area contributed by atoms with Crippen LogP contribution in [0.2, 0.25) is 0 Å². The first-order valence-electron chi connectivity index (χ1n) is 5.78. The molecule has 96 valence electrons.